The summed E-state index contributed by atoms with van der Waals surface area (Å²) in [6, 6.07) is 13.7. The smallest absolute Gasteiger partial charge is 0.251 e. The Morgan fingerprint density at radius 3 is 2.35 bits per heavy atom. The van der Waals surface area contributed by atoms with Crippen molar-refractivity contribution in [3.8, 4) is 0 Å². The van der Waals surface area contributed by atoms with E-state index >= 15 is 0 Å². The Kier molecular flexibility index (Phi) is 7.81. The van der Waals surface area contributed by atoms with E-state index in [4.69, 9.17) is 0 Å². The molecule has 0 radical (unpaired) electrons. The first-order chi connectivity index (χ1) is 14.9. The molecule has 0 saturated heterocycles. The number of sulfonamides is 1. The number of amides is 2. The van der Waals surface area contributed by atoms with Crippen molar-refractivity contribution < 1.29 is 18.0 Å². The zero-order valence-electron chi connectivity index (χ0n) is 17.7. The molecule has 1 fully saturated rings. The zero-order valence-corrected chi connectivity index (χ0v) is 18.5. The zero-order chi connectivity index (χ0) is 22.3. The van der Waals surface area contributed by atoms with Gasteiger partial charge in [-0.25, -0.2) is 13.1 Å². The summed E-state index contributed by atoms with van der Waals surface area (Å²) in [5.74, 6) is -0.239. The lowest BCUT2D eigenvalue weighted by Gasteiger charge is -2.13. The maximum absolute atomic E-state index is 12.7. The number of carbonyl (C=O) groups excluding carboxylic acids is 2. The van der Waals surface area contributed by atoms with Crippen LogP contribution in [0.1, 0.15) is 47.2 Å². The normalized spacial score (nSPS) is 14.4. The lowest BCUT2D eigenvalue weighted by Crippen LogP contribution is -2.37. The maximum atomic E-state index is 12.7. The molecule has 2 aromatic carbocycles. The molecule has 0 unspecified atom stereocenters. The van der Waals surface area contributed by atoms with E-state index in [1.54, 1.807) is 13.0 Å². The molecule has 0 spiro atoms. The van der Waals surface area contributed by atoms with E-state index in [2.05, 4.69) is 15.4 Å². The molecule has 1 aliphatic rings. The van der Waals surface area contributed by atoms with Crippen LogP contribution in [0.2, 0.25) is 0 Å². The van der Waals surface area contributed by atoms with Crippen molar-refractivity contribution in [2.45, 2.75) is 44.0 Å². The molecule has 1 aliphatic carbocycles. The van der Waals surface area contributed by atoms with Crippen LogP contribution in [0, 0.1) is 12.8 Å². The van der Waals surface area contributed by atoms with Gasteiger partial charge in [-0.15, -0.1) is 0 Å². The summed E-state index contributed by atoms with van der Waals surface area (Å²) >= 11 is 0. The van der Waals surface area contributed by atoms with Gasteiger partial charge in [-0.05, 0) is 43.0 Å². The Hall–Kier alpha value is -2.71. The number of rotatable bonds is 9. The molecule has 0 bridgehead atoms. The highest BCUT2D eigenvalue weighted by molar-refractivity contribution is 7.89. The largest absolute Gasteiger partial charge is 0.354 e. The van der Waals surface area contributed by atoms with Gasteiger partial charge in [-0.2, -0.15) is 0 Å². The summed E-state index contributed by atoms with van der Waals surface area (Å²) in [7, 11) is -3.76. The highest BCUT2D eigenvalue weighted by atomic mass is 32.2. The molecule has 166 valence electrons. The molecule has 7 nitrogen and oxygen atoms in total. The molecule has 31 heavy (non-hydrogen) atoms. The third-order valence-corrected chi connectivity index (χ3v) is 6.91. The average Bonchev–Trinajstić information content (AvgIpc) is 3.31. The lowest BCUT2D eigenvalue weighted by molar-refractivity contribution is -0.124. The van der Waals surface area contributed by atoms with Crippen LogP contribution in [0.15, 0.2) is 53.4 Å². The Balaban J connectivity index is 1.56. The minimum absolute atomic E-state index is 0.0358. The van der Waals surface area contributed by atoms with Crippen LogP contribution in [-0.4, -0.2) is 33.3 Å². The fourth-order valence-electron chi connectivity index (χ4n) is 3.66. The Morgan fingerprint density at radius 2 is 1.65 bits per heavy atom. The van der Waals surface area contributed by atoms with Crippen LogP contribution in [0.4, 0.5) is 0 Å². The van der Waals surface area contributed by atoms with Crippen molar-refractivity contribution in [3.63, 3.8) is 0 Å². The van der Waals surface area contributed by atoms with E-state index in [9.17, 15) is 18.0 Å². The van der Waals surface area contributed by atoms with Crippen molar-refractivity contribution in [2.75, 3.05) is 13.1 Å². The summed E-state index contributed by atoms with van der Waals surface area (Å²) in [6.07, 6.45) is 4.04. The van der Waals surface area contributed by atoms with Crippen LogP contribution < -0.4 is 15.4 Å². The molecule has 3 N–H and O–H groups in total. The third kappa shape index (κ3) is 6.38. The quantitative estimate of drug-likeness (QED) is 0.518. The SMILES string of the molecule is Cc1ccc(S(=O)(=O)NCc2ccccc2)cc1C(=O)NCCNC(=O)C1CCCC1. The van der Waals surface area contributed by atoms with Gasteiger partial charge in [0.25, 0.3) is 5.91 Å². The monoisotopic (exact) mass is 443 g/mol. The number of aryl methyl sites for hydroxylation is 1. The van der Waals surface area contributed by atoms with Gasteiger partial charge in [0.05, 0.1) is 4.90 Å². The standard InChI is InChI=1S/C23H29N3O4S/c1-17-11-12-20(31(29,30)26-16-18-7-3-2-4-8-18)15-21(17)23(28)25-14-13-24-22(27)19-9-5-6-10-19/h2-4,7-8,11-12,15,19,26H,5-6,9-10,13-14,16H2,1H3,(H,24,27)(H,25,28). The lowest BCUT2D eigenvalue weighted by atomic mass is 10.1. The Morgan fingerprint density at radius 1 is 0.968 bits per heavy atom. The molecule has 0 aliphatic heterocycles. The first-order valence-electron chi connectivity index (χ1n) is 10.6. The second-order valence-corrected chi connectivity index (χ2v) is 9.58. The third-order valence-electron chi connectivity index (χ3n) is 5.51. The van der Waals surface area contributed by atoms with Crippen LogP contribution in [0.3, 0.4) is 0 Å². The van der Waals surface area contributed by atoms with Gasteiger partial charge in [0.1, 0.15) is 0 Å². The first kappa shape index (κ1) is 23.0. The van der Waals surface area contributed by atoms with E-state index < -0.39 is 10.0 Å². The van der Waals surface area contributed by atoms with Crippen molar-refractivity contribution in [2.24, 2.45) is 5.92 Å². The molecule has 2 aromatic rings. The summed E-state index contributed by atoms with van der Waals surface area (Å²) in [4.78, 5) is 24.7. The number of hydrogen-bond donors (Lipinski definition) is 3. The van der Waals surface area contributed by atoms with Crippen LogP contribution in [0.5, 0.6) is 0 Å². The number of nitrogens with one attached hydrogen (secondary N) is 3. The van der Waals surface area contributed by atoms with Crippen LogP contribution >= 0.6 is 0 Å². The minimum atomic E-state index is -3.76. The Bertz CT molecular complexity index is 1020. The van der Waals surface area contributed by atoms with Gasteiger partial charge in [-0.1, -0.05) is 49.2 Å². The molecule has 0 atom stereocenters. The highest BCUT2D eigenvalue weighted by Gasteiger charge is 2.22. The van der Waals surface area contributed by atoms with Crippen molar-refractivity contribution in [3.05, 3.63) is 65.2 Å². The molecule has 3 rings (SSSR count). The molecule has 0 heterocycles. The molecular weight excluding hydrogens is 414 g/mol. The van der Waals surface area contributed by atoms with Gasteiger partial charge >= 0.3 is 0 Å². The van der Waals surface area contributed by atoms with Crippen LogP contribution in [-0.2, 0) is 21.4 Å². The molecule has 1 saturated carbocycles. The minimum Gasteiger partial charge on any atom is -0.354 e. The summed E-state index contributed by atoms with van der Waals surface area (Å²) in [5, 5.41) is 5.61. The topological polar surface area (TPSA) is 104 Å². The fraction of sp³-hybridized carbons (Fsp3) is 0.391. The molecular formula is C23H29N3O4S. The summed E-state index contributed by atoms with van der Waals surface area (Å²) < 4.78 is 27.9. The predicted octanol–water partition coefficient (Wildman–Crippen LogP) is 2.51. The van der Waals surface area contributed by atoms with Gasteiger partial charge < -0.3 is 10.6 Å². The summed E-state index contributed by atoms with van der Waals surface area (Å²) in [6.45, 7) is 2.54. The summed E-state index contributed by atoms with van der Waals surface area (Å²) in [5.41, 5.74) is 1.81. The van der Waals surface area contributed by atoms with E-state index in [-0.39, 0.29) is 35.7 Å². The van der Waals surface area contributed by atoms with Crippen LogP contribution in [0.25, 0.3) is 0 Å². The average molecular weight is 444 g/mol. The van der Waals surface area contributed by atoms with E-state index in [0.29, 0.717) is 17.7 Å². The number of carbonyl (C=O) groups is 2. The number of benzene rings is 2. The van der Waals surface area contributed by atoms with Gasteiger partial charge in [-0.3, -0.25) is 9.59 Å². The molecule has 2 amide bonds. The van der Waals surface area contributed by atoms with Crippen molar-refractivity contribution in [1.29, 1.82) is 0 Å². The second kappa shape index (κ2) is 10.5. The van der Waals surface area contributed by atoms with Gasteiger partial charge in [0.2, 0.25) is 15.9 Å². The second-order valence-electron chi connectivity index (χ2n) is 7.82. The maximum Gasteiger partial charge on any atom is 0.251 e. The van der Waals surface area contributed by atoms with Gasteiger partial charge in [0.15, 0.2) is 0 Å². The molecule has 0 aromatic heterocycles. The van der Waals surface area contributed by atoms with E-state index in [1.165, 1.54) is 12.1 Å². The Labute approximate surface area is 183 Å². The van der Waals surface area contributed by atoms with Crippen molar-refractivity contribution in [1.82, 2.24) is 15.4 Å². The first-order valence-corrected chi connectivity index (χ1v) is 12.1. The van der Waals surface area contributed by atoms with Crippen molar-refractivity contribution >= 4 is 21.8 Å². The fourth-order valence-corrected chi connectivity index (χ4v) is 4.70. The van der Waals surface area contributed by atoms with Gasteiger partial charge in [0, 0.05) is 31.1 Å². The van der Waals surface area contributed by atoms with E-state index in [0.717, 1.165) is 31.2 Å². The molecule has 8 heteroatoms. The number of hydrogen-bond acceptors (Lipinski definition) is 4. The predicted molar refractivity (Wildman–Crippen MR) is 119 cm³/mol. The highest BCUT2D eigenvalue weighted by Crippen LogP contribution is 2.24. The van der Waals surface area contributed by atoms with E-state index in [1.807, 2.05) is 30.3 Å².